The topological polar surface area (TPSA) is 54.0 Å². The molecule has 1 amide bonds. The lowest BCUT2D eigenvalue weighted by Crippen LogP contribution is -2.24. The van der Waals surface area contributed by atoms with E-state index in [1.165, 1.54) is 0 Å². The second kappa shape index (κ2) is 6.70. The van der Waals surface area contributed by atoms with E-state index in [0.29, 0.717) is 12.2 Å². The van der Waals surface area contributed by atoms with Gasteiger partial charge in [-0.3, -0.25) is 9.78 Å². The number of nitrogens with one attached hydrogen (secondary N) is 2. The minimum Gasteiger partial charge on any atom is -0.355 e. The van der Waals surface area contributed by atoms with Gasteiger partial charge in [0.1, 0.15) is 5.69 Å². The lowest BCUT2D eigenvalue weighted by atomic mass is 10.1. The molecule has 2 aromatic rings. The van der Waals surface area contributed by atoms with Crippen LogP contribution < -0.4 is 10.6 Å². The quantitative estimate of drug-likeness (QED) is 0.826. The summed E-state index contributed by atoms with van der Waals surface area (Å²) in [5.41, 5.74) is 4.59. The molecular weight excluding hydrogens is 262 g/mol. The summed E-state index contributed by atoms with van der Waals surface area (Å²) in [5.74, 6) is -0.208. The summed E-state index contributed by atoms with van der Waals surface area (Å²) in [6.45, 7) is 8.10. The molecular formula is C17H19N3O. The smallest absolute Gasteiger partial charge is 0.270 e. The molecule has 4 heteroatoms. The fourth-order valence-corrected chi connectivity index (χ4v) is 2.04. The molecule has 0 atom stereocenters. The van der Waals surface area contributed by atoms with E-state index in [1.807, 2.05) is 38.1 Å². The maximum Gasteiger partial charge on any atom is 0.270 e. The second-order valence-electron chi connectivity index (χ2n) is 4.82. The Kier molecular flexibility index (Phi) is 4.72. The van der Waals surface area contributed by atoms with E-state index in [4.69, 9.17) is 0 Å². The first-order chi connectivity index (χ1) is 10.1. The number of benzene rings is 1. The van der Waals surface area contributed by atoms with Crippen molar-refractivity contribution in [3.05, 3.63) is 66.0 Å². The van der Waals surface area contributed by atoms with E-state index in [0.717, 1.165) is 22.5 Å². The molecule has 0 fully saturated rings. The number of hydrogen-bond acceptors (Lipinski definition) is 3. The molecule has 0 saturated heterocycles. The standard InChI is InChI=1S/C17H19N3O/c1-4-9-19-17(21)15-11-14(8-10-18-15)20-16-12(2)6-5-7-13(16)3/h4-8,10-11H,1,9H2,2-3H3,(H,18,20)(H,19,21). The van der Waals surface area contributed by atoms with Crippen molar-refractivity contribution in [3.63, 3.8) is 0 Å². The number of para-hydroxylation sites is 1. The third-order valence-corrected chi connectivity index (χ3v) is 3.15. The summed E-state index contributed by atoms with van der Waals surface area (Å²) in [5, 5.41) is 6.07. The van der Waals surface area contributed by atoms with Gasteiger partial charge in [0.25, 0.3) is 5.91 Å². The number of rotatable bonds is 5. The first-order valence-corrected chi connectivity index (χ1v) is 6.80. The number of carbonyl (C=O) groups is 1. The zero-order chi connectivity index (χ0) is 15.2. The highest BCUT2D eigenvalue weighted by Crippen LogP contribution is 2.24. The normalized spacial score (nSPS) is 10.0. The average Bonchev–Trinajstić information content (AvgIpc) is 2.49. The van der Waals surface area contributed by atoms with Crippen molar-refractivity contribution in [3.8, 4) is 0 Å². The molecule has 0 bridgehead atoms. The summed E-state index contributed by atoms with van der Waals surface area (Å²) in [6.07, 6.45) is 3.26. The lowest BCUT2D eigenvalue weighted by molar-refractivity contribution is 0.0953. The molecule has 0 aliphatic rings. The van der Waals surface area contributed by atoms with Gasteiger partial charge in [0.15, 0.2) is 0 Å². The van der Waals surface area contributed by atoms with Gasteiger partial charge in [0.05, 0.1) is 0 Å². The van der Waals surface area contributed by atoms with Crippen molar-refractivity contribution in [1.82, 2.24) is 10.3 Å². The van der Waals surface area contributed by atoms with Gasteiger partial charge in [0, 0.05) is 24.1 Å². The molecule has 21 heavy (non-hydrogen) atoms. The van der Waals surface area contributed by atoms with Crippen molar-refractivity contribution in [1.29, 1.82) is 0 Å². The van der Waals surface area contributed by atoms with Gasteiger partial charge in [0.2, 0.25) is 0 Å². The number of pyridine rings is 1. The summed E-state index contributed by atoms with van der Waals surface area (Å²) in [6, 6.07) is 9.71. The van der Waals surface area contributed by atoms with Crippen molar-refractivity contribution in [2.45, 2.75) is 13.8 Å². The minimum absolute atomic E-state index is 0.208. The van der Waals surface area contributed by atoms with Crippen LogP contribution in [-0.4, -0.2) is 17.4 Å². The van der Waals surface area contributed by atoms with Crippen LogP contribution in [0.1, 0.15) is 21.6 Å². The highest BCUT2D eigenvalue weighted by atomic mass is 16.1. The Balaban J connectivity index is 2.22. The average molecular weight is 281 g/mol. The molecule has 1 heterocycles. The number of carbonyl (C=O) groups excluding carboxylic acids is 1. The number of hydrogen-bond donors (Lipinski definition) is 2. The Morgan fingerprint density at radius 2 is 2.00 bits per heavy atom. The summed E-state index contributed by atoms with van der Waals surface area (Å²) < 4.78 is 0. The molecule has 2 rings (SSSR count). The summed E-state index contributed by atoms with van der Waals surface area (Å²) in [4.78, 5) is 16.0. The zero-order valence-electron chi connectivity index (χ0n) is 12.3. The van der Waals surface area contributed by atoms with E-state index < -0.39 is 0 Å². The molecule has 0 saturated carbocycles. The first kappa shape index (κ1) is 14.8. The van der Waals surface area contributed by atoms with Crippen molar-refractivity contribution in [2.24, 2.45) is 0 Å². The maximum absolute atomic E-state index is 11.9. The maximum atomic E-state index is 11.9. The molecule has 0 radical (unpaired) electrons. The third kappa shape index (κ3) is 3.69. The fourth-order valence-electron chi connectivity index (χ4n) is 2.04. The first-order valence-electron chi connectivity index (χ1n) is 6.80. The van der Waals surface area contributed by atoms with E-state index in [9.17, 15) is 4.79 Å². The predicted octanol–water partition coefficient (Wildman–Crippen LogP) is 3.36. The van der Waals surface area contributed by atoms with Crippen LogP contribution in [0, 0.1) is 13.8 Å². The molecule has 1 aromatic carbocycles. The van der Waals surface area contributed by atoms with Gasteiger partial charge in [-0.1, -0.05) is 24.3 Å². The van der Waals surface area contributed by atoms with Crippen LogP contribution in [0.5, 0.6) is 0 Å². The van der Waals surface area contributed by atoms with Crippen molar-refractivity contribution >= 4 is 17.3 Å². The minimum atomic E-state index is -0.208. The molecule has 2 N–H and O–H groups in total. The third-order valence-electron chi connectivity index (χ3n) is 3.15. The molecule has 1 aromatic heterocycles. The summed E-state index contributed by atoms with van der Waals surface area (Å²) in [7, 11) is 0. The van der Waals surface area contributed by atoms with Crippen LogP contribution in [-0.2, 0) is 0 Å². The second-order valence-corrected chi connectivity index (χ2v) is 4.82. The monoisotopic (exact) mass is 281 g/mol. The summed E-state index contributed by atoms with van der Waals surface area (Å²) >= 11 is 0. The Bertz CT molecular complexity index is 645. The van der Waals surface area contributed by atoms with Crippen molar-refractivity contribution in [2.75, 3.05) is 11.9 Å². The number of aromatic nitrogens is 1. The van der Waals surface area contributed by atoms with Gasteiger partial charge in [-0.15, -0.1) is 6.58 Å². The molecule has 0 aliphatic carbocycles. The van der Waals surface area contributed by atoms with Gasteiger partial charge >= 0.3 is 0 Å². The SMILES string of the molecule is C=CCNC(=O)c1cc(Nc2c(C)cccc2C)ccn1. The molecule has 0 aliphatic heterocycles. The fraction of sp³-hybridized carbons (Fsp3) is 0.176. The molecule has 108 valence electrons. The van der Waals surface area contributed by atoms with Gasteiger partial charge in [-0.2, -0.15) is 0 Å². The molecule has 4 nitrogen and oxygen atoms in total. The number of nitrogens with zero attached hydrogens (tertiary/aromatic N) is 1. The number of anilines is 2. The zero-order valence-corrected chi connectivity index (χ0v) is 12.3. The van der Waals surface area contributed by atoms with E-state index in [-0.39, 0.29) is 5.91 Å². The van der Waals surface area contributed by atoms with Gasteiger partial charge in [-0.25, -0.2) is 0 Å². The molecule has 0 unspecified atom stereocenters. The van der Waals surface area contributed by atoms with Crippen LogP contribution in [0.15, 0.2) is 49.2 Å². The number of aryl methyl sites for hydroxylation is 2. The van der Waals surface area contributed by atoms with E-state index in [1.54, 1.807) is 18.3 Å². The Morgan fingerprint density at radius 3 is 2.67 bits per heavy atom. The predicted molar refractivity (Wildman–Crippen MR) is 86.0 cm³/mol. The van der Waals surface area contributed by atoms with Crippen LogP contribution in [0.25, 0.3) is 0 Å². The van der Waals surface area contributed by atoms with Gasteiger partial charge < -0.3 is 10.6 Å². The Labute approximate surface area is 124 Å². The van der Waals surface area contributed by atoms with Crippen LogP contribution in [0.3, 0.4) is 0 Å². The Hall–Kier alpha value is -2.62. The molecule has 0 spiro atoms. The largest absolute Gasteiger partial charge is 0.355 e. The highest BCUT2D eigenvalue weighted by molar-refractivity contribution is 5.93. The van der Waals surface area contributed by atoms with E-state index >= 15 is 0 Å². The highest BCUT2D eigenvalue weighted by Gasteiger charge is 2.08. The lowest BCUT2D eigenvalue weighted by Gasteiger charge is -2.13. The van der Waals surface area contributed by atoms with Crippen molar-refractivity contribution < 1.29 is 4.79 Å². The van der Waals surface area contributed by atoms with Crippen LogP contribution in [0.2, 0.25) is 0 Å². The van der Waals surface area contributed by atoms with Crippen LogP contribution in [0.4, 0.5) is 11.4 Å². The van der Waals surface area contributed by atoms with Crippen LogP contribution >= 0.6 is 0 Å². The number of amides is 1. The Morgan fingerprint density at radius 1 is 1.29 bits per heavy atom. The van der Waals surface area contributed by atoms with E-state index in [2.05, 4.69) is 22.2 Å². The van der Waals surface area contributed by atoms with Gasteiger partial charge in [-0.05, 0) is 37.1 Å².